The van der Waals surface area contributed by atoms with E-state index in [1.54, 1.807) is 0 Å². The molecule has 2 heterocycles. The summed E-state index contributed by atoms with van der Waals surface area (Å²) in [5.41, 5.74) is -0.322. The number of fused-ring (bicyclic) bond motifs is 1. The van der Waals surface area contributed by atoms with Gasteiger partial charge in [0.05, 0.1) is 17.1 Å². The van der Waals surface area contributed by atoms with Gasteiger partial charge in [-0.25, -0.2) is 0 Å². The van der Waals surface area contributed by atoms with Gasteiger partial charge in [0.2, 0.25) is 0 Å². The molecule has 0 radical (unpaired) electrons. The van der Waals surface area contributed by atoms with E-state index in [-0.39, 0.29) is 11.0 Å². The van der Waals surface area contributed by atoms with E-state index in [0.717, 1.165) is 19.1 Å². The van der Waals surface area contributed by atoms with Gasteiger partial charge in [-0.2, -0.15) is 0 Å². The van der Waals surface area contributed by atoms with E-state index in [1.165, 1.54) is 0 Å². The summed E-state index contributed by atoms with van der Waals surface area (Å²) in [5.74, 6) is 0. The molecule has 10 heavy (non-hydrogen) atoms. The van der Waals surface area contributed by atoms with E-state index in [0.29, 0.717) is 6.10 Å². The second kappa shape index (κ2) is 1.45. The Kier molecular flexibility index (Phi) is 0.919. The number of ether oxygens (including phenoxy) is 1. The summed E-state index contributed by atoms with van der Waals surface area (Å²) in [5, 5.41) is 0. The van der Waals surface area contributed by atoms with E-state index < -0.39 is 0 Å². The molecule has 0 unspecified atom stereocenters. The van der Waals surface area contributed by atoms with Crippen LogP contribution in [-0.4, -0.2) is 18.0 Å². The summed E-state index contributed by atoms with van der Waals surface area (Å²) in [4.78, 5) is 10.7. The molecule has 0 amide bonds. The van der Waals surface area contributed by atoms with Crippen LogP contribution in [0.5, 0.6) is 0 Å². The minimum absolute atomic E-state index is 0.127. The Morgan fingerprint density at radius 1 is 1.50 bits per heavy atom. The van der Waals surface area contributed by atoms with Crippen LogP contribution in [0.1, 0.15) is 26.7 Å². The first kappa shape index (κ1) is 6.35. The quantitative estimate of drug-likeness (QED) is 0.510. The summed E-state index contributed by atoms with van der Waals surface area (Å²) >= 11 is 0. The molecule has 2 nitrogen and oxygen atoms in total. The average Bonchev–Trinajstić information content (AvgIpc) is 2.11. The van der Waals surface area contributed by atoms with Gasteiger partial charge in [-0.15, -0.1) is 0 Å². The molecule has 0 atom stereocenters. The van der Waals surface area contributed by atoms with Gasteiger partial charge >= 0.3 is 0 Å². The van der Waals surface area contributed by atoms with E-state index in [1.807, 2.05) is 13.8 Å². The van der Waals surface area contributed by atoms with Gasteiger partial charge in [0, 0.05) is 0 Å². The lowest BCUT2D eigenvalue weighted by Gasteiger charge is -2.35. The van der Waals surface area contributed by atoms with Crippen molar-refractivity contribution in [3.05, 3.63) is 0 Å². The zero-order valence-corrected chi connectivity index (χ0v) is 6.39. The molecule has 1 aliphatic carbocycles. The molecule has 0 N–H and O–H groups in total. The summed E-state index contributed by atoms with van der Waals surface area (Å²) in [6.07, 6.45) is 3.35. The Balaban J connectivity index is 2.33. The number of carbonyl (C=O) groups is 1. The highest BCUT2D eigenvalue weighted by atomic mass is 16.5. The number of rotatable bonds is 1. The molecular formula is C8H12O2. The molecule has 2 aliphatic heterocycles. The Labute approximate surface area is 60.6 Å². The predicted octanol–water partition coefficient (Wildman–Crippen LogP) is 1.14. The largest absolute Gasteiger partial charge is 0.371 e. The molecular weight excluding hydrogens is 128 g/mol. The number of hydrogen-bond acceptors (Lipinski definition) is 2. The second-order valence-corrected chi connectivity index (χ2v) is 3.93. The van der Waals surface area contributed by atoms with E-state index >= 15 is 0 Å². The predicted molar refractivity (Wildman–Crippen MR) is 36.7 cm³/mol. The first-order chi connectivity index (χ1) is 4.60. The molecule has 0 aromatic heterocycles. The number of carbonyl (C=O) groups excluding carboxylic acids is 1. The normalized spacial score (nSPS) is 48.4. The summed E-state index contributed by atoms with van der Waals surface area (Å²) < 4.78 is 5.59. The van der Waals surface area contributed by atoms with Crippen molar-refractivity contribution in [2.24, 2.45) is 5.41 Å². The van der Waals surface area contributed by atoms with Gasteiger partial charge in [0.15, 0.2) is 0 Å². The van der Waals surface area contributed by atoms with Crippen LogP contribution >= 0.6 is 0 Å². The lowest BCUT2D eigenvalue weighted by atomic mass is 9.63. The van der Waals surface area contributed by atoms with Gasteiger partial charge in [-0.3, -0.25) is 0 Å². The zero-order chi connectivity index (χ0) is 7.41. The maximum Gasteiger partial charge on any atom is 0.129 e. The fourth-order valence-corrected chi connectivity index (χ4v) is 2.10. The van der Waals surface area contributed by atoms with Gasteiger partial charge in [0.25, 0.3) is 0 Å². The first-order valence-corrected chi connectivity index (χ1v) is 3.74. The van der Waals surface area contributed by atoms with Gasteiger partial charge in [-0.05, 0) is 26.7 Å². The molecule has 0 aromatic rings. The van der Waals surface area contributed by atoms with Crippen LogP contribution < -0.4 is 0 Å². The molecule has 0 aromatic carbocycles. The van der Waals surface area contributed by atoms with E-state index in [4.69, 9.17) is 4.74 Å². The van der Waals surface area contributed by atoms with Crippen LogP contribution in [-0.2, 0) is 9.53 Å². The van der Waals surface area contributed by atoms with Crippen LogP contribution in [0.15, 0.2) is 0 Å². The first-order valence-electron chi connectivity index (χ1n) is 3.74. The lowest BCUT2D eigenvalue weighted by molar-refractivity contribution is -0.121. The van der Waals surface area contributed by atoms with Gasteiger partial charge in [0.1, 0.15) is 6.29 Å². The van der Waals surface area contributed by atoms with Crippen molar-refractivity contribution in [2.75, 3.05) is 0 Å². The SMILES string of the molecule is CC1(C)OC2CC1(C=O)C2. The van der Waals surface area contributed by atoms with E-state index in [9.17, 15) is 4.79 Å². The van der Waals surface area contributed by atoms with Crippen molar-refractivity contribution in [2.45, 2.75) is 38.4 Å². The van der Waals surface area contributed by atoms with Crippen molar-refractivity contribution in [3.8, 4) is 0 Å². The molecule has 2 saturated heterocycles. The van der Waals surface area contributed by atoms with Crippen molar-refractivity contribution in [3.63, 3.8) is 0 Å². The second-order valence-electron chi connectivity index (χ2n) is 3.93. The molecule has 3 aliphatic rings. The Bertz CT molecular complexity index is 178. The summed E-state index contributed by atoms with van der Waals surface area (Å²) in [6.45, 7) is 4.02. The van der Waals surface area contributed by atoms with Crippen molar-refractivity contribution in [1.82, 2.24) is 0 Å². The van der Waals surface area contributed by atoms with Crippen LogP contribution in [0.4, 0.5) is 0 Å². The van der Waals surface area contributed by atoms with Gasteiger partial charge < -0.3 is 9.53 Å². The smallest absolute Gasteiger partial charge is 0.129 e. The lowest BCUT2D eigenvalue weighted by Crippen LogP contribution is -2.43. The Morgan fingerprint density at radius 2 is 2.10 bits per heavy atom. The topological polar surface area (TPSA) is 26.3 Å². The van der Waals surface area contributed by atoms with Crippen molar-refractivity contribution >= 4 is 6.29 Å². The minimum Gasteiger partial charge on any atom is -0.371 e. The highest BCUT2D eigenvalue weighted by molar-refractivity contribution is 5.65. The van der Waals surface area contributed by atoms with Crippen LogP contribution in [0, 0.1) is 5.41 Å². The third kappa shape index (κ3) is 0.473. The fourth-order valence-electron chi connectivity index (χ4n) is 2.10. The molecule has 2 bridgehead atoms. The average molecular weight is 140 g/mol. The maximum atomic E-state index is 10.7. The molecule has 56 valence electrons. The zero-order valence-electron chi connectivity index (χ0n) is 6.39. The highest BCUT2D eigenvalue weighted by Crippen LogP contribution is 2.58. The molecule has 0 spiro atoms. The maximum absolute atomic E-state index is 10.7. The summed E-state index contributed by atoms with van der Waals surface area (Å²) in [7, 11) is 0. The van der Waals surface area contributed by atoms with Gasteiger partial charge in [-0.1, -0.05) is 0 Å². The summed E-state index contributed by atoms with van der Waals surface area (Å²) in [6, 6.07) is 0. The molecule has 3 rings (SSSR count). The van der Waals surface area contributed by atoms with Crippen molar-refractivity contribution < 1.29 is 9.53 Å². The molecule has 1 saturated carbocycles. The van der Waals surface area contributed by atoms with Crippen molar-refractivity contribution in [1.29, 1.82) is 0 Å². The van der Waals surface area contributed by atoms with E-state index in [2.05, 4.69) is 0 Å². The third-order valence-corrected chi connectivity index (χ3v) is 3.07. The Hall–Kier alpha value is -0.370. The highest BCUT2D eigenvalue weighted by Gasteiger charge is 2.63. The van der Waals surface area contributed by atoms with Crippen LogP contribution in [0.25, 0.3) is 0 Å². The minimum atomic E-state index is -0.195. The standard InChI is InChI=1S/C8H12O2/c1-7(2)8(5-9)3-6(4-8)10-7/h5-6H,3-4H2,1-2H3. The Morgan fingerprint density at radius 3 is 2.30 bits per heavy atom. The number of aldehydes is 1. The molecule has 2 heteroatoms. The fraction of sp³-hybridized carbons (Fsp3) is 0.875. The van der Waals surface area contributed by atoms with Crippen LogP contribution in [0.2, 0.25) is 0 Å². The molecule has 3 fully saturated rings. The monoisotopic (exact) mass is 140 g/mol. The number of hydrogen-bond donors (Lipinski definition) is 0. The third-order valence-electron chi connectivity index (χ3n) is 3.07. The van der Waals surface area contributed by atoms with Crippen LogP contribution in [0.3, 0.4) is 0 Å².